The molecule has 290 valence electrons. The molecule has 0 saturated heterocycles. The van der Waals surface area contributed by atoms with E-state index < -0.39 is 52.2 Å². The van der Waals surface area contributed by atoms with Crippen molar-refractivity contribution in [2.75, 3.05) is 37.7 Å². The number of sulfonamides is 1. The van der Waals surface area contributed by atoms with Crippen LogP contribution in [-0.2, 0) is 33.9 Å². The number of benzene rings is 1. The molecule has 3 aromatic rings. The van der Waals surface area contributed by atoms with Gasteiger partial charge < -0.3 is 18.9 Å². The average Bonchev–Trinajstić information content (AvgIpc) is 3.73. The van der Waals surface area contributed by atoms with E-state index in [1.54, 1.807) is 4.72 Å². The van der Waals surface area contributed by atoms with Crippen LogP contribution in [0.4, 0.5) is 20.8 Å². The molecule has 1 aliphatic heterocycles. The van der Waals surface area contributed by atoms with E-state index in [0.717, 1.165) is 61.5 Å². The van der Waals surface area contributed by atoms with Gasteiger partial charge in [0.2, 0.25) is 5.95 Å². The molecule has 54 heavy (non-hydrogen) atoms. The van der Waals surface area contributed by atoms with E-state index in [1.165, 1.54) is 31.5 Å². The lowest BCUT2D eigenvalue weighted by Gasteiger charge is -2.18. The molecule has 1 aromatic carbocycles. The third-order valence-corrected chi connectivity index (χ3v) is 10.3. The summed E-state index contributed by atoms with van der Waals surface area (Å²) in [5, 5.41) is 3.47. The first kappa shape index (κ1) is 41.5. The van der Waals surface area contributed by atoms with E-state index in [0.29, 0.717) is 30.6 Å². The quantitative estimate of drug-likeness (QED) is 0.133. The number of hydrogen-bond donors (Lipinski definition) is 2. The monoisotopic (exact) mass is 810 g/mol. The maximum absolute atomic E-state index is 14.5. The Morgan fingerprint density at radius 3 is 2.35 bits per heavy atom. The molecule has 0 bridgehead atoms. The highest BCUT2D eigenvalue weighted by atomic mass is 35.5. The summed E-state index contributed by atoms with van der Waals surface area (Å²) in [4.78, 5) is 72.4. The maximum atomic E-state index is 14.5. The van der Waals surface area contributed by atoms with Gasteiger partial charge in [-0.3, -0.25) is 14.9 Å². The highest BCUT2D eigenvalue weighted by Gasteiger charge is 2.41. The van der Waals surface area contributed by atoms with Gasteiger partial charge in [0.1, 0.15) is 27.2 Å². The van der Waals surface area contributed by atoms with Crippen LogP contribution in [0.2, 0.25) is 5.02 Å². The fourth-order valence-electron chi connectivity index (χ4n) is 5.13. The largest absolute Gasteiger partial charge is 0.480 e. The van der Waals surface area contributed by atoms with E-state index in [2.05, 4.69) is 25.0 Å². The number of aromatic nitrogens is 3. The van der Waals surface area contributed by atoms with E-state index in [-0.39, 0.29) is 44.0 Å². The average molecular weight is 811 g/mol. The number of esters is 2. The van der Waals surface area contributed by atoms with Crippen molar-refractivity contribution in [1.82, 2.24) is 19.7 Å². The van der Waals surface area contributed by atoms with Gasteiger partial charge in [0.15, 0.2) is 6.61 Å². The molecule has 1 aliphatic carbocycles. The van der Waals surface area contributed by atoms with Crippen molar-refractivity contribution in [2.45, 2.75) is 63.7 Å². The van der Waals surface area contributed by atoms with Gasteiger partial charge in [-0.15, -0.1) is 11.3 Å². The Morgan fingerprint density at radius 2 is 1.72 bits per heavy atom. The molecular weight excluding hydrogens is 775 g/mol. The number of carbonyl (C=O) groups is 5. The topological polar surface area (TPSA) is 222 Å². The Hall–Kier alpha value is -5.21. The number of carbonyl (C=O) groups excluding carboxylic acids is 5. The standard InChI is InChI=1S/C21H23ClFNO5.C12H13N5O6S2/c1-2-3-6-9-28-19(25)12-29-18-11-17(16(23)10-15(18)22)24-20(26)13-7-4-5-8-14(13)21(24)27;1-6-13-10(16-12(14-6)23-3)15-11(19)17-25(20,21)7-4-5-24-8(7)9(18)22-2/h10-11H,2-9,12H2,1H3;4-5H,1-3H3,(H2,13,14,15,16,17,19). The Kier molecular flexibility index (Phi) is 14.4. The third kappa shape index (κ3) is 10.3. The predicted molar refractivity (Wildman–Crippen MR) is 191 cm³/mol. The molecule has 0 unspecified atom stereocenters. The summed E-state index contributed by atoms with van der Waals surface area (Å²) in [6.07, 6.45) is 5.40. The number of halogens is 2. The molecule has 3 heterocycles. The molecule has 5 rings (SSSR count). The number of nitrogens with one attached hydrogen (secondary N) is 2. The van der Waals surface area contributed by atoms with Crippen LogP contribution in [0.3, 0.4) is 0 Å². The van der Waals surface area contributed by atoms with Crippen LogP contribution in [-0.4, -0.2) is 80.6 Å². The van der Waals surface area contributed by atoms with Gasteiger partial charge in [-0.2, -0.15) is 15.0 Å². The van der Waals surface area contributed by atoms with E-state index in [9.17, 15) is 36.8 Å². The fourth-order valence-corrected chi connectivity index (χ4v) is 7.58. The molecule has 4 amide bonds. The summed E-state index contributed by atoms with van der Waals surface area (Å²) >= 11 is 6.89. The number of hydrogen-bond acceptors (Lipinski definition) is 15. The summed E-state index contributed by atoms with van der Waals surface area (Å²) < 4.78 is 60.6. The zero-order chi connectivity index (χ0) is 39.6. The van der Waals surface area contributed by atoms with Crippen LogP contribution in [0, 0.1) is 12.7 Å². The molecular formula is C33H36ClFN6O11S2. The van der Waals surface area contributed by atoms with Crippen LogP contribution in [0.1, 0.15) is 67.4 Å². The molecule has 0 fully saturated rings. The number of unbranched alkanes of at least 4 members (excludes halogenated alkanes) is 2. The van der Waals surface area contributed by atoms with Gasteiger partial charge in [0.05, 0.1) is 31.5 Å². The van der Waals surface area contributed by atoms with Gasteiger partial charge in [-0.05, 0) is 56.5 Å². The third-order valence-electron chi connectivity index (χ3n) is 7.64. The number of nitrogens with zero attached hydrogens (tertiary/aromatic N) is 4. The SMILES string of the molecule is CCCCCOC(=O)COc1cc(N2C(=O)C3=C(CCCC3)C2=O)c(F)cc1Cl.COC(=O)c1sccc1S(=O)(=O)NC(=O)Nc1nc(C)nc(OC)n1. The van der Waals surface area contributed by atoms with E-state index in [4.69, 9.17) is 25.8 Å². The normalized spacial score (nSPS) is 13.8. The maximum Gasteiger partial charge on any atom is 0.349 e. The number of amides is 4. The number of aryl methyl sites for hydroxylation is 1. The molecule has 17 nitrogen and oxygen atoms in total. The van der Waals surface area contributed by atoms with Crippen molar-refractivity contribution in [1.29, 1.82) is 0 Å². The zero-order valence-electron chi connectivity index (χ0n) is 29.5. The van der Waals surface area contributed by atoms with Gasteiger partial charge in [-0.1, -0.05) is 31.4 Å². The molecule has 21 heteroatoms. The van der Waals surface area contributed by atoms with Crippen LogP contribution in [0.5, 0.6) is 11.8 Å². The molecule has 0 saturated carbocycles. The van der Waals surface area contributed by atoms with Gasteiger partial charge in [0, 0.05) is 17.2 Å². The Balaban J connectivity index is 0.000000244. The molecule has 0 radical (unpaired) electrons. The minimum Gasteiger partial charge on any atom is -0.480 e. The fraction of sp³-hybridized carbons (Fsp3) is 0.394. The molecule has 0 atom stereocenters. The van der Waals surface area contributed by atoms with Crippen molar-refractivity contribution in [3.05, 3.63) is 56.3 Å². The number of ether oxygens (including phenoxy) is 4. The van der Waals surface area contributed by atoms with Crippen molar-refractivity contribution in [3.63, 3.8) is 0 Å². The van der Waals surface area contributed by atoms with Crippen LogP contribution in [0.25, 0.3) is 0 Å². The van der Waals surface area contributed by atoms with Crippen molar-refractivity contribution in [2.24, 2.45) is 0 Å². The molecule has 2 aromatic heterocycles. The minimum absolute atomic E-state index is 0.000883. The smallest absolute Gasteiger partial charge is 0.349 e. The van der Waals surface area contributed by atoms with E-state index in [1.807, 2.05) is 6.92 Å². The molecule has 0 spiro atoms. The number of methoxy groups -OCH3 is 2. The first-order valence-electron chi connectivity index (χ1n) is 16.3. The Bertz CT molecular complexity index is 2050. The number of imide groups is 1. The van der Waals surface area contributed by atoms with E-state index >= 15 is 0 Å². The Labute approximate surface area is 318 Å². The second-order valence-corrected chi connectivity index (χ2v) is 14.4. The summed E-state index contributed by atoms with van der Waals surface area (Å²) in [7, 11) is -1.86. The lowest BCUT2D eigenvalue weighted by Crippen LogP contribution is -2.35. The summed E-state index contributed by atoms with van der Waals surface area (Å²) in [6.45, 7) is 3.47. The number of urea groups is 1. The van der Waals surface area contributed by atoms with Crippen molar-refractivity contribution < 1.29 is 55.7 Å². The highest BCUT2D eigenvalue weighted by molar-refractivity contribution is 7.90. The summed E-state index contributed by atoms with van der Waals surface area (Å²) in [6, 6.07) is 2.17. The molecule has 2 aliphatic rings. The predicted octanol–water partition coefficient (Wildman–Crippen LogP) is 4.88. The molecule has 2 N–H and O–H groups in total. The van der Waals surface area contributed by atoms with Crippen molar-refractivity contribution >= 4 is 74.4 Å². The van der Waals surface area contributed by atoms with Gasteiger partial charge in [-0.25, -0.2) is 36.8 Å². The Morgan fingerprint density at radius 1 is 1.04 bits per heavy atom. The van der Waals surface area contributed by atoms with Crippen LogP contribution < -0.4 is 24.4 Å². The first-order chi connectivity index (χ1) is 25.7. The van der Waals surface area contributed by atoms with Crippen LogP contribution >= 0.6 is 22.9 Å². The minimum atomic E-state index is -4.30. The first-order valence-corrected chi connectivity index (χ1v) is 19.1. The second kappa shape index (κ2) is 18.7. The van der Waals surface area contributed by atoms with Crippen LogP contribution in [0.15, 0.2) is 39.6 Å². The highest BCUT2D eigenvalue weighted by Crippen LogP contribution is 2.39. The number of thiophene rings is 1. The summed E-state index contributed by atoms with van der Waals surface area (Å²) in [5.41, 5.74) is 0.674. The van der Waals surface area contributed by atoms with Crippen molar-refractivity contribution in [3.8, 4) is 11.8 Å². The van der Waals surface area contributed by atoms with Gasteiger partial charge in [0.25, 0.3) is 21.8 Å². The summed E-state index contributed by atoms with van der Waals surface area (Å²) in [5.74, 6) is -3.17. The lowest BCUT2D eigenvalue weighted by atomic mass is 9.93. The van der Waals surface area contributed by atoms with Gasteiger partial charge >= 0.3 is 24.0 Å². The zero-order valence-corrected chi connectivity index (χ0v) is 31.9. The number of rotatable bonds is 13. The number of anilines is 2. The second-order valence-electron chi connectivity index (χ2n) is 11.4. The lowest BCUT2D eigenvalue weighted by molar-refractivity contribution is -0.146.